The summed E-state index contributed by atoms with van der Waals surface area (Å²) in [5.74, 6) is 0.534. The lowest BCUT2D eigenvalue weighted by atomic mass is 9.97. The Labute approximate surface area is 125 Å². The summed E-state index contributed by atoms with van der Waals surface area (Å²) in [6.07, 6.45) is 1.99. The zero-order chi connectivity index (χ0) is 13.0. The van der Waals surface area contributed by atoms with Gasteiger partial charge in [-0.1, -0.05) is 45.7 Å². The maximum absolute atomic E-state index is 6.20. The second-order valence-electron chi connectivity index (χ2n) is 4.38. The van der Waals surface area contributed by atoms with Crippen LogP contribution < -0.4 is 0 Å². The number of hydrogen-bond donors (Lipinski definition) is 0. The highest BCUT2D eigenvalue weighted by Crippen LogP contribution is 2.22. The molecule has 2 rings (SSSR count). The van der Waals surface area contributed by atoms with Crippen LogP contribution in [0.2, 0.25) is 5.02 Å². The van der Waals surface area contributed by atoms with E-state index in [1.54, 1.807) is 11.3 Å². The fourth-order valence-electron chi connectivity index (χ4n) is 1.95. The normalized spacial score (nSPS) is 12.6. The van der Waals surface area contributed by atoms with E-state index in [9.17, 15) is 0 Å². The minimum Gasteiger partial charge on any atom is -0.247 e. The fourth-order valence-corrected chi connectivity index (χ4v) is 3.25. The maximum Gasteiger partial charge on any atom is 0.0897 e. The molecule has 18 heavy (non-hydrogen) atoms. The van der Waals surface area contributed by atoms with Crippen molar-refractivity contribution in [2.45, 2.75) is 19.8 Å². The molecule has 4 heteroatoms. The summed E-state index contributed by atoms with van der Waals surface area (Å²) in [5.41, 5.74) is 2.41. The molecule has 0 aliphatic carbocycles. The highest BCUT2D eigenvalue weighted by molar-refractivity contribution is 9.09. The van der Waals surface area contributed by atoms with E-state index in [1.165, 1.54) is 11.3 Å². The first kappa shape index (κ1) is 14.0. The minimum absolute atomic E-state index is 0.534. The minimum atomic E-state index is 0.534. The van der Waals surface area contributed by atoms with Gasteiger partial charge in [0.25, 0.3) is 0 Å². The van der Waals surface area contributed by atoms with Crippen molar-refractivity contribution in [1.29, 1.82) is 0 Å². The van der Waals surface area contributed by atoms with Crippen molar-refractivity contribution in [1.82, 2.24) is 4.98 Å². The van der Waals surface area contributed by atoms with E-state index < -0.39 is 0 Å². The molecule has 0 aliphatic rings. The SMILES string of the molecule is Cc1nc(CC(CBr)Cc2ccccc2Cl)cs1. The summed E-state index contributed by atoms with van der Waals surface area (Å²) in [6.45, 7) is 2.05. The number of alkyl halides is 1. The van der Waals surface area contributed by atoms with Gasteiger partial charge in [0.1, 0.15) is 0 Å². The Bertz CT molecular complexity index is 512. The van der Waals surface area contributed by atoms with Crippen LogP contribution in [0.1, 0.15) is 16.3 Å². The predicted octanol–water partition coefficient (Wildman–Crippen LogP) is 4.90. The molecule has 0 saturated carbocycles. The molecule has 1 heterocycles. The number of halogens is 2. The Balaban J connectivity index is 2.04. The van der Waals surface area contributed by atoms with E-state index in [-0.39, 0.29) is 0 Å². The lowest BCUT2D eigenvalue weighted by molar-refractivity contribution is 0.584. The van der Waals surface area contributed by atoms with E-state index in [2.05, 4.69) is 32.4 Å². The highest BCUT2D eigenvalue weighted by atomic mass is 79.9. The largest absolute Gasteiger partial charge is 0.247 e. The van der Waals surface area contributed by atoms with Crippen LogP contribution in [-0.4, -0.2) is 10.3 Å². The van der Waals surface area contributed by atoms with Gasteiger partial charge in [0, 0.05) is 15.7 Å². The Kier molecular flexibility index (Phi) is 5.22. The van der Waals surface area contributed by atoms with Gasteiger partial charge in [-0.3, -0.25) is 0 Å². The number of thiazole rings is 1. The van der Waals surface area contributed by atoms with Crippen LogP contribution in [-0.2, 0) is 12.8 Å². The lowest BCUT2D eigenvalue weighted by Gasteiger charge is -2.13. The first-order valence-corrected chi connectivity index (χ1v) is 8.27. The molecule has 1 aromatic heterocycles. The third-order valence-electron chi connectivity index (χ3n) is 2.85. The van der Waals surface area contributed by atoms with Crippen molar-refractivity contribution in [3.05, 3.63) is 50.9 Å². The van der Waals surface area contributed by atoms with Gasteiger partial charge in [0.15, 0.2) is 0 Å². The van der Waals surface area contributed by atoms with Crippen LogP contribution in [0.3, 0.4) is 0 Å². The van der Waals surface area contributed by atoms with Crippen LogP contribution in [0, 0.1) is 12.8 Å². The third-order valence-corrected chi connectivity index (χ3v) is 4.96. The van der Waals surface area contributed by atoms with Gasteiger partial charge in [-0.25, -0.2) is 4.98 Å². The zero-order valence-corrected chi connectivity index (χ0v) is 13.4. The predicted molar refractivity (Wildman–Crippen MR) is 83.0 cm³/mol. The number of benzene rings is 1. The summed E-state index contributed by atoms with van der Waals surface area (Å²) in [7, 11) is 0. The monoisotopic (exact) mass is 343 g/mol. The third kappa shape index (κ3) is 3.81. The smallest absolute Gasteiger partial charge is 0.0897 e. The summed E-state index contributed by atoms with van der Waals surface area (Å²) >= 11 is 11.5. The van der Waals surface area contributed by atoms with Crippen LogP contribution in [0.15, 0.2) is 29.6 Å². The van der Waals surface area contributed by atoms with Crippen LogP contribution in [0.25, 0.3) is 0 Å². The van der Waals surface area contributed by atoms with Gasteiger partial charge >= 0.3 is 0 Å². The Morgan fingerprint density at radius 2 is 2.11 bits per heavy atom. The number of aryl methyl sites for hydroxylation is 1. The molecule has 0 spiro atoms. The van der Waals surface area contributed by atoms with E-state index in [4.69, 9.17) is 11.6 Å². The molecule has 0 saturated heterocycles. The summed E-state index contributed by atoms with van der Waals surface area (Å²) in [6, 6.07) is 8.07. The molecule has 1 unspecified atom stereocenters. The van der Waals surface area contributed by atoms with E-state index in [1.807, 2.05) is 25.1 Å². The molecule has 0 aliphatic heterocycles. The Morgan fingerprint density at radius 1 is 1.33 bits per heavy atom. The van der Waals surface area contributed by atoms with Crippen molar-refractivity contribution in [2.24, 2.45) is 5.92 Å². The van der Waals surface area contributed by atoms with Crippen LogP contribution >= 0.6 is 38.9 Å². The van der Waals surface area contributed by atoms with Gasteiger partial charge in [-0.05, 0) is 37.3 Å². The van der Waals surface area contributed by atoms with Crippen LogP contribution in [0.5, 0.6) is 0 Å². The average molecular weight is 345 g/mol. The lowest BCUT2D eigenvalue weighted by Crippen LogP contribution is -2.10. The molecule has 0 fully saturated rings. The van der Waals surface area contributed by atoms with Gasteiger partial charge in [-0.2, -0.15) is 0 Å². The molecular weight excluding hydrogens is 330 g/mol. The van der Waals surface area contributed by atoms with Gasteiger partial charge < -0.3 is 0 Å². The number of hydrogen-bond acceptors (Lipinski definition) is 2. The van der Waals surface area contributed by atoms with Crippen molar-refractivity contribution < 1.29 is 0 Å². The summed E-state index contributed by atoms with van der Waals surface area (Å²) < 4.78 is 0. The number of nitrogens with zero attached hydrogens (tertiary/aromatic N) is 1. The number of rotatable bonds is 5. The van der Waals surface area contributed by atoms with Gasteiger partial charge in [-0.15, -0.1) is 11.3 Å². The first-order chi connectivity index (χ1) is 8.69. The number of aromatic nitrogens is 1. The van der Waals surface area contributed by atoms with E-state index >= 15 is 0 Å². The molecule has 1 nitrogen and oxygen atoms in total. The first-order valence-electron chi connectivity index (χ1n) is 5.89. The molecule has 0 bridgehead atoms. The summed E-state index contributed by atoms with van der Waals surface area (Å²) in [5, 5.41) is 5.11. The van der Waals surface area contributed by atoms with E-state index in [0.29, 0.717) is 5.92 Å². The molecule has 1 atom stereocenters. The topological polar surface area (TPSA) is 12.9 Å². The molecule has 2 aromatic rings. The molecule has 0 radical (unpaired) electrons. The van der Waals surface area contributed by atoms with Gasteiger partial charge in [0.2, 0.25) is 0 Å². The quantitative estimate of drug-likeness (QED) is 0.703. The second-order valence-corrected chi connectivity index (χ2v) is 6.49. The van der Waals surface area contributed by atoms with Crippen LogP contribution in [0.4, 0.5) is 0 Å². The summed E-state index contributed by atoms with van der Waals surface area (Å²) in [4.78, 5) is 4.53. The van der Waals surface area contributed by atoms with Crippen molar-refractivity contribution >= 4 is 38.9 Å². The van der Waals surface area contributed by atoms with E-state index in [0.717, 1.165) is 28.2 Å². The second kappa shape index (κ2) is 6.69. The molecule has 0 N–H and O–H groups in total. The average Bonchev–Trinajstić information content (AvgIpc) is 2.76. The van der Waals surface area contributed by atoms with Gasteiger partial charge in [0.05, 0.1) is 10.7 Å². The van der Waals surface area contributed by atoms with Crippen molar-refractivity contribution in [2.75, 3.05) is 5.33 Å². The molecule has 0 amide bonds. The van der Waals surface area contributed by atoms with Crippen molar-refractivity contribution in [3.63, 3.8) is 0 Å². The molecule has 96 valence electrons. The molecule has 1 aromatic carbocycles. The maximum atomic E-state index is 6.20. The fraction of sp³-hybridized carbons (Fsp3) is 0.357. The Hall–Kier alpha value is -0.380. The standard InChI is InChI=1S/C14H15BrClNS/c1-10-17-13(9-18-10)7-11(8-15)6-12-4-2-3-5-14(12)16/h2-5,9,11H,6-8H2,1H3. The Morgan fingerprint density at radius 3 is 2.72 bits per heavy atom. The zero-order valence-electron chi connectivity index (χ0n) is 10.2. The van der Waals surface area contributed by atoms with Crippen molar-refractivity contribution in [3.8, 4) is 0 Å². The highest BCUT2D eigenvalue weighted by Gasteiger charge is 2.13. The molecular formula is C14H15BrClNS.